The zero-order valence-electron chi connectivity index (χ0n) is 20.4. The van der Waals surface area contributed by atoms with Crippen molar-refractivity contribution < 1.29 is 55.7 Å². The molecule has 0 aliphatic carbocycles. The number of ether oxygens (including phenoxy) is 1. The summed E-state index contributed by atoms with van der Waals surface area (Å²) >= 11 is 1.70. The van der Waals surface area contributed by atoms with E-state index >= 15 is 0 Å². The van der Waals surface area contributed by atoms with Crippen LogP contribution in [0.2, 0.25) is 0 Å². The van der Waals surface area contributed by atoms with Crippen LogP contribution in [0.1, 0.15) is 16.4 Å². The van der Waals surface area contributed by atoms with Gasteiger partial charge in [-0.3, -0.25) is 9.69 Å². The molecule has 0 bridgehead atoms. The molecule has 0 fully saturated rings. The fraction of sp³-hybridized carbons (Fsp3) is 0.524. The van der Waals surface area contributed by atoms with Crippen molar-refractivity contribution >= 4 is 29.2 Å². The highest BCUT2D eigenvalue weighted by Crippen LogP contribution is 2.19. The third kappa shape index (κ3) is 11.9. The first-order chi connectivity index (χ1) is 17.4. The molecule has 2 N–H and O–H groups in total. The molecule has 0 aromatic carbocycles. The number of carbonyl (C=O) groups is 3. The van der Waals surface area contributed by atoms with E-state index in [-0.39, 0.29) is 18.6 Å². The lowest BCUT2D eigenvalue weighted by molar-refractivity contribution is -0.193. The van der Waals surface area contributed by atoms with Crippen molar-refractivity contribution in [1.29, 1.82) is 0 Å². The number of hydrogen-bond donors (Lipinski definition) is 2. The van der Waals surface area contributed by atoms with Crippen LogP contribution in [0.25, 0.3) is 0 Å². The molecule has 0 saturated heterocycles. The molecule has 214 valence electrons. The number of alkyl halides is 6. The number of hydrogen-bond acceptors (Lipinski definition) is 7. The summed E-state index contributed by atoms with van der Waals surface area (Å²) in [7, 11) is 3.50. The molecule has 0 saturated carbocycles. The molecule has 38 heavy (non-hydrogen) atoms. The minimum atomic E-state index is -5.08. The molecule has 2 aromatic heterocycles. The maximum atomic E-state index is 11.8. The number of rotatable bonds is 5. The fourth-order valence-electron chi connectivity index (χ4n) is 2.84. The van der Waals surface area contributed by atoms with Gasteiger partial charge in [0.15, 0.2) is 0 Å². The molecule has 0 radical (unpaired) electrons. The van der Waals surface area contributed by atoms with Gasteiger partial charge in [0, 0.05) is 56.7 Å². The SMILES string of the molecule is Cc1csc(CN2Cc3cccn3CC(OCC(=O)N(C)C)C2)n1.O=C(O)C(F)(F)F.O=C(O)C(F)(F)F. The largest absolute Gasteiger partial charge is 0.490 e. The van der Waals surface area contributed by atoms with E-state index in [1.165, 1.54) is 5.69 Å². The summed E-state index contributed by atoms with van der Waals surface area (Å²) in [6, 6.07) is 4.21. The van der Waals surface area contributed by atoms with E-state index in [9.17, 15) is 31.1 Å². The van der Waals surface area contributed by atoms with Gasteiger partial charge in [-0.05, 0) is 19.1 Å². The van der Waals surface area contributed by atoms with Crippen LogP contribution in [-0.2, 0) is 38.8 Å². The Bertz CT molecular complexity index is 1050. The average Bonchev–Trinajstić information content (AvgIpc) is 3.35. The monoisotopic (exact) mass is 576 g/mol. The summed E-state index contributed by atoms with van der Waals surface area (Å²) in [5.74, 6) is -5.52. The normalized spacial score (nSPS) is 15.7. The van der Waals surface area contributed by atoms with Crippen LogP contribution in [-0.4, -0.2) is 93.1 Å². The number of carboxylic acids is 2. The summed E-state index contributed by atoms with van der Waals surface area (Å²) < 4.78 is 71.6. The Hall–Kier alpha value is -3.18. The minimum Gasteiger partial charge on any atom is -0.475 e. The smallest absolute Gasteiger partial charge is 0.475 e. The number of likely N-dealkylation sites (N-methyl/N-ethyl adjacent to an activating group) is 1. The lowest BCUT2D eigenvalue weighted by Crippen LogP contribution is -2.36. The number of halogens is 6. The second-order valence-corrected chi connectivity index (χ2v) is 8.97. The van der Waals surface area contributed by atoms with Gasteiger partial charge in [0.05, 0.1) is 12.6 Å². The van der Waals surface area contributed by atoms with Gasteiger partial charge in [0.2, 0.25) is 5.91 Å². The third-order valence-electron chi connectivity index (χ3n) is 4.62. The molecule has 3 heterocycles. The van der Waals surface area contributed by atoms with Gasteiger partial charge < -0.3 is 24.4 Å². The van der Waals surface area contributed by atoms with Crippen molar-refractivity contribution in [1.82, 2.24) is 19.4 Å². The van der Waals surface area contributed by atoms with Crippen LogP contribution in [0.15, 0.2) is 23.7 Å². The Balaban J connectivity index is 0.000000426. The third-order valence-corrected chi connectivity index (χ3v) is 5.57. The van der Waals surface area contributed by atoms with Gasteiger partial charge in [-0.25, -0.2) is 14.6 Å². The number of aryl methyl sites for hydroxylation is 1. The Morgan fingerprint density at radius 1 is 1.11 bits per heavy atom. The first-order valence-corrected chi connectivity index (χ1v) is 11.5. The minimum absolute atomic E-state index is 0.00549. The number of amides is 1. The van der Waals surface area contributed by atoms with Crippen LogP contribution in [0.5, 0.6) is 0 Å². The van der Waals surface area contributed by atoms with Crippen LogP contribution in [0.3, 0.4) is 0 Å². The molecule has 17 heteroatoms. The van der Waals surface area contributed by atoms with Crippen molar-refractivity contribution in [2.24, 2.45) is 0 Å². The summed E-state index contributed by atoms with van der Waals surface area (Å²) in [5.41, 5.74) is 2.34. The second-order valence-electron chi connectivity index (χ2n) is 8.03. The molecule has 1 aliphatic rings. The van der Waals surface area contributed by atoms with Crippen molar-refractivity contribution in [3.8, 4) is 0 Å². The molecule has 1 unspecified atom stereocenters. The highest BCUT2D eigenvalue weighted by atomic mass is 32.1. The molecule has 2 aromatic rings. The van der Waals surface area contributed by atoms with Crippen molar-refractivity contribution in [2.45, 2.75) is 45.0 Å². The topological polar surface area (TPSA) is 125 Å². The van der Waals surface area contributed by atoms with Crippen molar-refractivity contribution in [3.05, 3.63) is 40.1 Å². The van der Waals surface area contributed by atoms with E-state index in [1.54, 1.807) is 30.3 Å². The van der Waals surface area contributed by atoms with Crippen LogP contribution < -0.4 is 0 Å². The molecule has 10 nitrogen and oxygen atoms in total. The molecule has 3 rings (SSSR count). The summed E-state index contributed by atoms with van der Waals surface area (Å²) in [6.45, 7) is 5.39. The Labute approximate surface area is 217 Å². The number of thiazole rings is 1. The zero-order chi connectivity index (χ0) is 29.3. The summed E-state index contributed by atoms with van der Waals surface area (Å²) in [5, 5.41) is 17.5. The number of aromatic nitrogens is 2. The molecule has 0 spiro atoms. The van der Waals surface area contributed by atoms with Gasteiger partial charge in [-0.1, -0.05) is 0 Å². The van der Waals surface area contributed by atoms with Crippen molar-refractivity contribution in [3.63, 3.8) is 0 Å². The van der Waals surface area contributed by atoms with Crippen LogP contribution >= 0.6 is 11.3 Å². The number of carbonyl (C=O) groups excluding carboxylic acids is 1. The molecule has 1 amide bonds. The first kappa shape index (κ1) is 32.8. The standard InChI is InChI=1S/C17H24N4O2S.2C2HF3O2/c1-13-12-24-16(18-13)10-20-7-14-5-4-6-21(14)9-15(8-20)23-11-17(22)19(2)3;2*3-2(4,5)1(6)7/h4-6,12,15H,7-11H2,1-3H3;2*(H,6,7). The second kappa shape index (κ2) is 14.1. The molecular formula is C21H26F6N4O6S. The van der Waals surface area contributed by atoms with Gasteiger partial charge >= 0.3 is 24.3 Å². The number of carboxylic acid groups (broad SMARTS) is 2. The predicted octanol–water partition coefficient (Wildman–Crippen LogP) is 3.01. The highest BCUT2D eigenvalue weighted by molar-refractivity contribution is 7.09. The Kier molecular flexibility index (Phi) is 12.2. The van der Waals surface area contributed by atoms with E-state index in [1.807, 2.05) is 6.92 Å². The predicted molar refractivity (Wildman–Crippen MR) is 121 cm³/mol. The summed E-state index contributed by atoms with van der Waals surface area (Å²) in [4.78, 5) is 38.1. The number of aliphatic carboxylic acids is 2. The maximum Gasteiger partial charge on any atom is 0.490 e. The van der Waals surface area contributed by atoms with Gasteiger partial charge in [0.1, 0.15) is 11.6 Å². The lowest BCUT2D eigenvalue weighted by atomic mass is 10.3. The van der Waals surface area contributed by atoms with Crippen LogP contribution in [0, 0.1) is 6.92 Å². The molecular weight excluding hydrogens is 550 g/mol. The van der Waals surface area contributed by atoms with E-state index in [0.29, 0.717) is 0 Å². The van der Waals surface area contributed by atoms with Crippen LogP contribution in [0.4, 0.5) is 26.3 Å². The quantitative estimate of drug-likeness (QED) is 0.521. The van der Waals surface area contributed by atoms with Crippen molar-refractivity contribution in [2.75, 3.05) is 27.2 Å². The van der Waals surface area contributed by atoms with Gasteiger partial charge in [0.25, 0.3) is 0 Å². The average molecular weight is 577 g/mol. The van der Waals surface area contributed by atoms with E-state index in [0.717, 1.165) is 36.9 Å². The van der Waals surface area contributed by atoms with Gasteiger partial charge in [-0.2, -0.15) is 26.3 Å². The lowest BCUT2D eigenvalue weighted by Gasteiger charge is -2.23. The first-order valence-electron chi connectivity index (χ1n) is 10.6. The maximum absolute atomic E-state index is 11.8. The highest BCUT2D eigenvalue weighted by Gasteiger charge is 2.38. The number of nitrogens with zero attached hydrogens (tertiary/aromatic N) is 4. The molecule has 1 aliphatic heterocycles. The fourth-order valence-corrected chi connectivity index (χ4v) is 3.65. The molecule has 1 atom stereocenters. The van der Waals surface area contributed by atoms with E-state index < -0.39 is 24.3 Å². The van der Waals surface area contributed by atoms with E-state index in [4.69, 9.17) is 24.5 Å². The Morgan fingerprint density at radius 3 is 2.11 bits per heavy atom. The number of fused-ring (bicyclic) bond motifs is 1. The summed E-state index contributed by atoms with van der Waals surface area (Å²) in [6.07, 6.45) is -8.10. The van der Waals surface area contributed by atoms with E-state index in [2.05, 4.69) is 38.2 Å². The zero-order valence-corrected chi connectivity index (χ0v) is 21.2. The van der Waals surface area contributed by atoms with Gasteiger partial charge in [-0.15, -0.1) is 11.3 Å². The Morgan fingerprint density at radius 2 is 1.66 bits per heavy atom.